The summed E-state index contributed by atoms with van der Waals surface area (Å²) in [5.41, 5.74) is 3.60. The van der Waals surface area contributed by atoms with E-state index < -0.39 is 0 Å². The Morgan fingerprint density at radius 3 is 2.37 bits per heavy atom. The molecule has 19 heavy (non-hydrogen) atoms. The summed E-state index contributed by atoms with van der Waals surface area (Å²) in [5.74, 6) is 0.716. The van der Waals surface area contributed by atoms with Crippen molar-refractivity contribution in [1.29, 1.82) is 0 Å². The van der Waals surface area contributed by atoms with Crippen molar-refractivity contribution in [3.63, 3.8) is 0 Å². The molecule has 2 rings (SSSR count). The molecule has 1 saturated carbocycles. The standard InChI is InChI=1S/C16H24N2S/c1-11-8-12(2)10-14(9-11)17-16(19)18-15-7-5-4-6-13(15)3/h8-10,13,15H,4-7H2,1-3H3,(H2,17,18,19). The van der Waals surface area contributed by atoms with E-state index in [1.807, 2.05) is 0 Å². The van der Waals surface area contributed by atoms with E-state index >= 15 is 0 Å². The van der Waals surface area contributed by atoms with Crippen molar-refractivity contribution in [3.05, 3.63) is 29.3 Å². The molecule has 2 nitrogen and oxygen atoms in total. The number of benzene rings is 1. The van der Waals surface area contributed by atoms with Gasteiger partial charge < -0.3 is 10.6 Å². The summed E-state index contributed by atoms with van der Waals surface area (Å²) in [7, 11) is 0. The van der Waals surface area contributed by atoms with Crippen LogP contribution in [0.25, 0.3) is 0 Å². The second kappa shape index (κ2) is 6.38. The first-order valence-corrected chi connectivity index (χ1v) is 7.61. The first-order valence-electron chi connectivity index (χ1n) is 7.20. The molecule has 2 N–H and O–H groups in total. The minimum absolute atomic E-state index is 0.527. The van der Waals surface area contributed by atoms with E-state index in [1.165, 1.54) is 36.8 Å². The lowest BCUT2D eigenvalue weighted by atomic mass is 9.86. The van der Waals surface area contributed by atoms with Gasteiger partial charge >= 0.3 is 0 Å². The number of anilines is 1. The molecule has 1 aliphatic carbocycles. The van der Waals surface area contributed by atoms with Crippen molar-refractivity contribution < 1.29 is 0 Å². The van der Waals surface area contributed by atoms with Gasteiger partial charge in [0.05, 0.1) is 0 Å². The SMILES string of the molecule is Cc1cc(C)cc(NC(=S)NC2CCCCC2C)c1. The van der Waals surface area contributed by atoms with Crippen LogP contribution in [0, 0.1) is 19.8 Å². The van der Waals surface area contributed by atoms with Gasteiger partial charge in [-0.1, -0.05) is 25.8 Å². The fourth-order valence-corrected chi connectivity index (χ4v) is 3.18. The summed E-state index contributed by atoms with van der Waals surface area (Å²) >= 11 is 5.43. The zero-order chi connectivity index (χ0) is 13.8. The summed E-state index contributed by atoms with van der Waals surface area (Å²) in [6.07, 6.45) is 5.21. The minimum atomic E-state index is 0.527. The largest absolute Gasteiger partial charge is 0.359 e. The number of aryl methyl sites for hydroxylation is 2. The van der Waals surface area contributed by atoms with E-state index in [4.69, 9.17) is 12.2 Å². The Kier molecular flexibility index (Phi) is 4.81. The van der Waals surface area contributed by atoms with Crippen LogP contribution in [0.15, 0.2) is 18.2 Å². The van der Waals surface area contributed by atoms with Crippen molar-refractivity contribution in [2.24, 2.45) is 5.92 Å². The molecule has 104 valence electrons. The van der Waals surface area contributed by atoms with Crippen LogP contribution in [0.4, 0.5) is 5.69 Å². The topological polar surface area (TPSA) is 24.1 Å². The Morgan fingerprint density at radius 1 is 1.11 bits per heavy atom. The van der Waals surface area contributed by atoms with Crippen molar-refractivity contribution in [1.82, 2.24) is 5.32 Å². The maximum atomic E-state index is 5.43. The van der Waals surface area contributed by atoms with Gasteiger partial charge in [-0.05, 0) is 68.1 Å². The first kappa shape index (κ1) is 14.3. The summed E-state index contributed by atoms with van der Waals surface area (Å²) in [6, 6.07) is 6.96. The molecule has 0 saturated heterocycles. The third kappa shape index (κ3) is 4.20. The molecule has 0 aromatic heterocycles. The zero-order valence-electron chi connectivity index (χ0n) is 12.1. The average molecular weight is 276 g/mol. The molecule has 0 spiro atoms. The second-order valence-corrected chi connectivity index (χ2v) is 6.25. The van der Waals surface area contributed by atoms with E-state index in [1.54, 1.807) is 0 Å². The van der Waals surface area contributed by atoms with Crippen LogP contribution in [0.1, 0.15) is 43.7 Å². The predicted molar refractivity (Wildman–Crippen MR) is 86.7 cm³/mol. The van der Waals surface area contributed by atoms with Crippen molar-refractivity contribution in [3.8, 4) is 0 Å². The van der Waals surface area contributed by atoms with Gasteiger partial charge in [-0.3, -0.25) is 0 Å². The van der Waals surface area contributed by atoms with Crippen molar-refractivity contribution in [2.45, 2.75) is 52.5 Å². The molecule has 1 aromatic carbocycles. The van der Waals surface area contributed by atoms with Gasteiger partial charge in [0.25, 0.3) is 0 Å². The smallest absolute Gasteiger partial charge is 0.171 e. The molecule has 1 aromatic rings. The molecule has 1 fully saturated rings. The third-order valence-corrected chi connectivity index (χ3v) is 4.13. The highest BCUT2D eigenvalue weighted by molar-refractivity contribution is 7.80. The molecule has 1 aliphatic rings. The highest BCUT2D eigenvalue weighted by Crippen LogP contribution is 2.23. The van der Waals surface area contributed by atoms with Crippen LogP contribution in [0.5, 0.6) is 0 Å². The average Bonchev–Trinajstić information content (AvgIpc) is 2.30. The van der Waals surface area contributed by atoms with Crippen LogP contribution in [0.3, 0.4) is 0 Å². The molecule has 2 atom stereocenters. The lowest BCUT2D eigenvalue weighted by Gasteiger charge is -2.30. The molecule has 0 aliphatic heterocycles. The lowest BCUT2D eigenvalue weighted by Crippen LogP contribution is -2.43. The molecule has 2 unspecified atom stereocenters. The number of thiocarbonyl (C=S) groups is 1. The number of rotatable bonds is 2. The molecular weight excluding hydrogens is 252 g/mol. The fourth-order valence-electron chi connectivity index (χ4n) is 2.91. The minimum Gasteiger partial charge on any atom is -0.359 e. The summed E-state index contributed by atoms with van der Waals surface area (Å²) in [6.45, 7) is 6.53. The Labute approximate surface area is 122 Å². The maximum absolute atomic E-state index is 5.43. The Morgan fingerprint density at radius 2 is 1.74 bits per heavy atom. The zero-order valence-corrected chi connectivity index (χ0v) is 12.9. The van der Waals surface area contributed by atoms with Gasteiger partial charge in [0, 0.05) is 11.7 Å². The summed E-state index contributed by atoms with van der Waals surface area (Å²) in [5, 5.41) is 7.54. The van der Waals surface area contributed by atoms with Crippen LogP contribution >= 0.6 is 12.2 Å². The number of nitrogens with one attached hydrogen (secondary N) is 2. The quantitative estimate of drug-likeness (QED) is 0.793. The molecule has 0 bridgehead atoms. The number of hydrogen-bond donors (Lipinski definition) is 2. The normalized spacial score (nSPS) is 22.9. The Balaban J connectivity index is 1.93. The molecule has 0 radical (unpaired) electrons. The van der Waals surface area contributed by atoms with Crippen LogP contribution < -0.4 is 10.6 Å². The van der Waals surface area contributed by atoms with Gasteiger partial charge in [-0.2, -0.15) is 0 Å². The second-order valence-electron chi connectivity index (χ2n) is 5.84. The van der Waals surface area contributed by atoms with Crippen LogP contribution in [-0.4, -0.2) is 11.2 Å². The van der Waals surface area contributed by atoms with Gasteiger partial charge in [-0.25, -0.2) is 0 Å². The third-order valence-electron chi connectivity index (χ3n) is 3.91. The highest BCUT2D eigenvalue weighted by Gasteiger charge is 2.21. The van der Waals surface area contributed by atoms with Gasteiger partial charge in [0.2, 0.25) is 0 Å². The van der Waals surface area contributed by atoms with Gasteiger partial charge in [0.15, 0.2) is 5.11 Å². The van der Waals surface area contributed by atoms with E-state index in [2.05, 4.69) is 49.6 Å². The van der Waals surface area contributed by atoms with E-state index in [0.717, 1.165) is 10.8 Å². The predicted octanol–water partition coefficient (Wildman–Crippen LogP) is 4.17. The first-order chi connectivity index (χ1) is 9.04. The van der Waals surface area contributed by atoms with E-state index in [0.29, 0.717) is 12.0 Å². The monoisotopic (exact) mass is 276 g/mol. The van der Waals surface area contributed by atoms with Gasteiger partial charge in [0.1, 0.15) is 0 Å². The fraction of sp³-hybridized carbons (Fsp3) is 0.562. The summed E-state index contributed by atoms with van der Waals surface area (Å²) in [4.78, 5) is 0. The molecule has 3 heteroatoms. The van der Waals surface area contributed by atoms with Gasteiger partial charge in [-0.15, -0.1) is 0 Å². The molecule has 0 heterocycles. The lowest BCUT2D eigenvalue weighted by molar-refractivity contribution is 0.309. The van der Waals surface area contributed by atoms with Crippen LogP contribution in [0.2, 0.25) is 0 Å². The van der Waals surface area contributed by atoms with E-state index in [-0.39, 0.29) is 0 Å². The van der Waals surface area contributed by atoms with Crippen molar-refractivity contribution in [2.75, 3.05) is 5.32 Å². The van der Waals surface area contributed by atoms with E-state index in [9.17, 15) is 0 Å². The maximum Gasteiger partial charge on any atom is 0.171 e. The molecule has 0 amide bonds. The van der Waals surface area contributed by atoms with Crippen molar-refractivity contribution >= 4 is 23.0 Å². The Bertz CT molecular complexity index is 436. The highest BCUT2D eigenvalue weighted by atomic mass is 32.1. The Hall–Kier alpha value is -1.09. The molecular formula is C16H24N2S. The van der Waals surface area contributed by atoms with Crippen LogP contribution in [-0.2, 0) is 0 Å². The number of hydrogen-bond acceptors (Lipinski definition) is 1. The summed E-state index contributed by atoms with van der Waals surface area (Å²) < 4.78 is 0.